The van der Waals surface area contributed by atoms with E-state index in [1.165, 1.54) is 23.1 Å². The van der Waals surface area contributed by atoms with Crippen molar-refractivity contribution < 1.29 is 9.53 Å². The Morgan fingerprint density at radius 1 is 1.28 bits per heavy atom. The number of aromatic nitrogens is 4. The van der Waals surface area contributed by atoms with Crippen LogP contribution in [0.1, 0.15) is 39.3 Å². The Hall–Kier alpha value is -2.43. The third-order valence-electron chi connectivity index (χ3n) is 4.98. The number of rotatable bonds is 8. The first-order chi connectivity index (χ1) is 15.4. The van der Waals surface area contributed by atoms with Crippen LogP contribution in [-0.4, -0.2) is 50.9 Å². The van der Waals surface area contributed by atoms with Gasteiger partial charge in [0.15, 0.2) is 4.34 Å². The lowest BCUT2D eigenvalue weighted by Gasteiger charge is -2.14. The molecule has 1 aliphatic rings. The topological polar surface area (TPSA) is 94.0 Å². The highest BCUT2D eigenvalue weighted by atomic mass is 32.2. The van der Waals surface area contributed by atoms with E-state index in [9.17, 15) is 4.79 Å². The van der Waals surface area contributed by atoms with Gasteiger partial charge in [0.2, 0.25) is 11.0 Å². The second-order valence-corrected chi connectivity index (χ2v) is 10.8. The largest absolute Gasteiger partial charge is 0.376 e. The Morgan fingerprint density at radius 2 is 2.09 bits per heavy atom. The van der Waals surface area contributed by atoms with Gasteiger partial charge in [-0.05, 0) is 25.0 Å². The van der Waals surface area contributed by atoms with Crippen LogP contribution in [0.4, 0.5) is 10.9 Å². The molecule has 4 rings (SSSR count). The minimum atomic E-state index is -0.131. The fraction of sp³-hybridized carbons (Fsp3) is 0.455. The average molecular weight is 473 g/mol. The molecule has 8 nitrogen and oxygen atoms in total. The molecule has 0 unspecified atom stereocenters. The van der Waals surface area contributed by atoms with Crippen LogP contribution < -0.4 is 10.6 Å². The lowest BCUT2D eigenvalue weighted by atomic mass is 9.92. The SMILES string of the molecule is CC(C)(C)c1cc(NC(=O)CSc2nnc(NC[C@H]3CCCO3)s2)n(-c2ccccc2)n1. The second-order valence-electron chi connectivity index (χ2n) is 8.64. The molecule has 0 saturated carbocycles. The summed E-state index contributed by atoms with van der Waals surface area (Å²) in [6.07, 6.45) is 2.43. The van der Waals surface area contributed by atoms with E-state index < -0.39 is 0 Å². The molecule has 0 bridgehead atoms. The quantitative estimate of drug-likeness (QED) is 0.471. The van der Waals surface area contributed by atoms with E-state index in [0.29, 0.717) is 5.82 Å². The Bertz CT molecular complexity index is 1040. The van der Waals surface area contributed by atoms with Crippen molar-refractivity contribution in [1.29, 1.82) is 0 Å². The Morgan fingerprint density at radius 3 is 2.81 bits per heavy atom. The number of nitrogens with one attached hydrogen (secondary N) is 2. The summed E-state index contributed by atoms with van der Waals surface area (Å²) in [5.41, 5.74) is 1.68. The summed E-state index contributed by atoms with van der Waals surface area (Å²) in [6.45, 7) is 7.88. The number of anilines is 2. The number of carbonyl (C=O) groups excluding carboxylic acids is 1. The zero-order valence-corrected chi connectivity index (χ0v) is 20.1. The van der Waals surface area contributed by atoms with Crippen molar-refractivity contribution in [3.63, 3.8) is 0 Å². The van der Waals surface area contributed by atoms with E-state index >= 15 is 0 Å². The summed E-state index contributed by atoms with van der Waals surface area (Å²) in [6, 6.07) is 11.7. The predicted octanol–water partition coefficient (Wildman–Crippen LogP) is 4.34. The summed E-state index contributed by atoms with van der Waals surface area (Å²) in [7, 11) is 0. The Balaban J connectivity index is 1.36. The number of para-hydroxylation sites is 1. The molecule has 32 heavy (non-hydrogen) atoms. The van der Waals surface area contributed by atoms with Crippen LogP contribution in [0.2, 0.25) is 0 Å². The van der Waals surface area contributed by atoms with Gasteiger partial charge >= 0.3 is 0 Å². The summed E-state index contributed by atoms with van der Waals surface area (Å²) < 4.78 is 8.14. The molecule has 3 aromatic rings. The molecule has 170 valence electrons. The van der Waals surface area contributed by atoms with E-state index in [1.807, 2.05) is 36.4 Å². The number of amides is 1. The van der Waals surface area contributed by atoms with E-state index in [4.69, 9.17) is 9.84 Å². The number of nitrogens with zero attached hydrogens (tertiary/aromatic N) is 4. The number of thioether (sulfide) groups is 1. The van der Waals surface area contributed by atoms with Crippen LogP contribution in [-0.2, 0) is 14.9 Å². The molecule has 2 aromatic heterocycles. The zero-order valence-electron chi connectivity index (χ0n) is 18.5. The fourth-order valence-electron chi connectivity index (χ4n) is 3.25. The van der Waals surface area contributed by atoms with Gasteiger partial charge < -0.3 is 15.4 Å². The van der Waals surface area contributed by atoms with Gasteiger partial charge in [-0.1, -0.05) is 62.1 Å². The summed E-state index contributed by atoms with van der Waals surface area (Å²) >= 11 is 2.82. The molecule has 0 radical (unpaired) electrons. The van der Waals surface area contributed by atoms with Gasteiger partial charge in [0.05, 0.1) is 23.2 Å². The van der Waals surface area contributed by atoms with E-state index in [2.05, 4.69) is 41.6 Å². The highest BCUT2D eigenvalue weighted by Gasteiger charge is 2.22. The molecule has 1 saturated heterocycles. The van der Waals surface area contributed by atoms with Crippen molar-refractivity contribution in [2.75, 3.05) is 29.5 Å². The molecule has 10 heteroatoms. The van der Waals surface area contributed by atoms with Crippen molar-refractivity contribution in [3.05, 3.63) is 42.1 Å². The fourth-order valence-corrected chi connectivity index (χ4v) is 4.81. The maximum absolute atomic E-state index is 12.7. The van der Waals surface area contributed by atoms with Gasteiger partial charge in [0.1, 0.15) is 5.82 Å². The number of hydrogen-bond donors (Lipinski definition) is 2. The molecule has 0 aliphatic carbocycles. The Labute approximate surface area is 196 Å². The minimum Gasteiger partial charge on any atom is -0.376 e. The third kappa shape index (κ3) is 5.87. The lowest BCUT2D eigenvalue weighted by Crippen LogP contribution is -2.18. The molecular formula is C22H28N6O2S2. The maximum atomic E-state index is 12.7. The molecule has 2 N–H and O–H groups in total. The molecule has 1 amide bonds. The predicted molar refractivity (Wildman–Crippen MR) is 129 cm³/mol. The number of carbonyl (C=O) groups is 1. The Kier molecular flexibility index (Phi) is 7.12. The lowest BCUT2D eigenvalue weighted by molar-refractivity contribution is -0.113. The number of benzene rings is 1. The van der Waals surface area contributed by atoms with Gasteiger partial charge in [0.25, 0.3) is 0 Å². The first kappa shape index (κ1) is 22.8. The van der Waals surface area contributed by atoms with Crippen LogP contribution in [0.15, 0.2) is 40.7 Å². The monoisotopic (exact) mass is 472 g/mol. The summed E-state index contributed by atoms with van der Waals surface area (Å²) in [5.74, 6) is 0.782. The van der Waals surface area contributed by atoms with Crippen molar-refractivity contribution in [2.45, 2.75) is 49.5 Å². The van der Waals surface area contributed by atoms with Crippen LogP contribution >= 0.6 is 23.1 Å². The maximum Gasteiger partial charge on any atom is 0.235 e. The van der Waals surface area contributed by atoms with Crippen LogP contribution in [0.25, 0.3) is 5.69 Å². The summed E-state index contributed by atoms with van der Waals surface area (Å²) in [5, 5.41) is 20.1. The highest BCUT2D eigenvalue weighted by Crippen LogP contribution is 2.28. The van der Waals surface area contributed by atoms with Crippen molar-refractivity contribution in [1.82, 2.24) is 20.0 Å². The molecule has 1 atom stereocenters. The van der Waals surface area contributed by atoms with Gasteiger partial charge in [0, 0.05) is 24.6 Å². The van der Waals surface area contributed by atoms with E-state index in [-0.39, 0.29) is 23.2 Å². The average Bonchev–Trinajstić information content (AvgIpc) is 3.52. The molecule has 1 aromatic carbocycles. The number of ether oxygens (including phenoxy) is 1. The van der Waals surface area contributed by atoms with E-state index in [0.717, 1.165) is 46.8 Å². The van der Waals surface area contributed by atoms with Gasteiger partial charge in [-0.2, -0.15) is 5.10 Å². The smallest absolute Gasteiger partial charge is 0.235 e. The zero-order chi connectivity index (χ0) is 22.6. The van der Waals surface area contributed by atoms with Gasteiger partial charge in [-0.3, -0.25) is 4.79 Å². The highest BCUT2D eigenvalue weighted by molar-refractivity contribution is 8.01. The molecule has 3 heterocycles. The third-order valence-corrected chi connectivity index (χ3v) is 7.00. The molecule has 1 aliphatic heterocycles. The number of hydrogen-bond acceptors (Lipinski definition) is 8. The summed E-state index contributed by atoms with van der Waals surface area (Å²) in [4.78, 5) is 12.7. The standard InChI is InChI=1S/C22H28N6O2S2/c1-22(2,3)17-12-18(28(27-17)15-8-5-4-6-9-15)24-19(29)14-31-21-26-25-20(32-21)23-13-16-10-7-11-30-16/h4-6,8-9,12,16H,7,10-11,13-14H2,1-3H3,(H,23,25)(H,24,29)/t16-/m1/s1. The normalized spacial score (nSPS) is 16.3. The van der Waals surface area contributed by atoms with Gasteiger partial charge in [-0.25, -0.2) is 4.68 Å². The molecular weight excluding hydrogens is 444 g/mol. The van der Waals surface area contributed by atoms with Gasteiger partial charge in [-0.15, -0.1) is 10.2 Å². The van der Waals surface area contributed by atoms with Crippen LogP contribution in [0.5, 0.6) is 0 Å². The van der Waals surface area contributed by atoms with E-state index in [1.54, 1.807) is 4.68 Å². The minimum absolute atomic E-state index is 0.114. The molecule has 0 spiro atoms. The second kappa shape index (κ2) is 10.0. The van der Waals surface area contributed by atoms with Crippen molar-refractivity contribution in [3.8, 4) is 5.69 Å². The first-order valence-electron chi connectivity index (χ1n) is 10.7. The first-order valence-corrected chi connectivity index (χ1v) is 12.5. The van der Waals surface area contributed by atoms with Crippen molar-refractivity contribution in [2.24, 2.45) is 0 Å². The van der Waals surface area contributed by atoms with Crippen molar-refractivity contribution >= 4 is 40.0 Å². The van der Waals surface area contributed by atoms with Crippen LogP contribution in [0, 0.1) is 0 Å². The van der Waals surface area contributed by atoms with Crippen LogP contribution in [0.3, 0.4) is 0 Å². The molecule has 1 fully saturated rings.